The molecular formula is C11H23ClN2O2. The van der Waals surface area contributed by atoms with E-state index in [0.29, 0.717) is 0 Å². The Morgan fingerprint density at radius 3 is 2.88 bits per heavy atom. The molecule has 0 aromatic heterocycles. The Morgan fingerprint density at radius 1 is 1.44 bits per heavy atom. The van der Waals surface area contributed by atoms with Crippen molar-refractivity contribution in [3.8, 4) is 0 Å². The minimum atomic E-state index is 0. The first-order valence-electron chi connectivity index (χ1n) is 5.82. The van der Waals surface area contributed by atoms with Gasteiger partial charge in [-0.15, -0.1) is 12.4 Å². The fourth-order valence-corrected chi connectivity index (χ4v) is 1.78. The lowest BCUT2D eigenvalue weighted by atomic mass is 10.1. The van der Waals surface area contributed by atoms with Crippen molar-refractivity contribution in [2.45, 2.75) is 25.7 Å². The number of hydrogen-bond acceptors (Lipinski definition) is 3. The highest BCUT2D eigenvalue weighted by molar-refractivity contribution is 5.85. The van der Waals surface area contributed by atoms with Crippen LogP contribution in [-0.2, 0) is 9.53 Å². The summed E-state index contributed by atoms with van der Waals surface area (Å²) < 4.78 is 4.96. The quantitative estimate of drug-likeness (QED) is 0.662. The maximum atomic E-state index is 11.6. The predicted molar refractivity (Wildman–Crippen MR) is 67.0 cm³/mol. The molecule has 5 heteroatoms. The zero-order valence-electron chi connectivity index (χ0n) is 9.96. The Morgan fingerprint density at radius 2 is 2.25 bits per heavy atom. The summed E-state index contributed by atoms with van der Waals surface area (Å²) in [6, 6.07) is 0. The Balaban J connectivity index is 0.00000225. The molecule has 2 N–H and O–H groups in total. The summed E-state index contributed by atoms with van der Waals surface area (Å²) in [5.74, 6) is 0.413. The number of nitrogens with one attached hydrogen (secondary N) is 2. The van der Waals surface area contributed by atoms with Crippen LogP contribution in [0.1, 0.15) is 25.7 Å². The molecule has 0 saturated carbocycles. The summed E-state index contributed by atoms with van der Waals surface area (Å²) >= 11 is 0. The molecule has 1 heterocycles. The second-order valence-corrected chi connectivity index (χ2v) is 4.03. The van der Waals surface area contributed by atoms with E-state index in [1.165, 1.54) is 0 Å². The largest absolute Gasteiger partial charge is 0.385 e. The van der Waals surface area contributed by atoms with Gasteiger partial charge in [0.1, 0.15) is 0 Å². The third-order valence-corrected chi connectivity index (χ3v) is 2.76. The molecule has 0 aromatic carbocycles. The average Bonchev–Trinajstić information content (AvgIpc) is 2.76. The van der Waals surface area contributed by atoms with Crippen LogP contribution in [0, 0.1) is 5.92 Å². The minimum Gasteiger partial charge on any atom is -0.385 e. The Hall–Kier alpha value is -0.320. The Kier molecular flexibility index (Phi) is 9.68. The Labute approximate surface area is 104 Å². The van der Waals surface area contributed by atoms with Crippen LogP contribution in [0.2, 0.25) is 0 Å². The van der Waals surface area contributed by atoms with Gasteiger partial charge >= 0.3 is 0 Å². The summed E-state index contributed by atoms with van der Waals surface area (Å²) in [6.07, 6.45) is 4.24. The van der Waals surface area contributed by atoms with Crippen LogP contribution in [0.25, 0.3) is 0 Å². The van der Waals surface area contributed by atoms with Crippen molar-refractivity contribution in [2.24, 2.45) is 5.92 Å². The number of carbonyl (C=O) groups excluding carboxylic acids is 1. The maximum Gasteiger partial charge on any atom is 0.224 e. The van der Waals surface area contributed by atoms with Gasteiger partial charge in [-0.2, -0.15) is 0 Å². The van der Waals surface area contributed by atoms with E-state index in [4.69, 9.17) is 4.74 Å². The summed E-state index contributed by atoms with van der Waals surface area (Å²) in [5.41, 5.74) is 0. The molecule has 0 aliphatic carbocycles. The normalized spacial score (nSPS) is 19.2. The van der Waals surface area contributed by atoms with Crippen molar-refractivity contribution in [3.63, 3.8) is 0 Å². The van der Waals surface area contributed by atoms with Crippen molar-refractivity contribution in [3.05, 3.63) is 0 Å². The van der Waals surface area contributed by atoms with Gasteiger partial charge in [0.05, 0.1) is 5.92 Å². The zero-order valence-corrected chi connectivity index (χ0v) is 10.8. The number of hydrogen-bond donors (Lipinski definition) is 2. The first-order valence-corrected chi connectivity index (χ1v) is 5.82. The molecule has 0 aromatic rings. The van der Waals surface area contributed by atoms with Crippen LogP contribution in [0.4, 0.5) is 0 Å². The van der Waals surface area contributed by atoms with Gasteiger partial charge in [-0.1, -0.05) is 0 Å². The molecule has 1 amide bonds. The fourth-order valence-electron chi connectivity index (χ4n) is 1.78. The predicted octanol–water partition coefficient (Wildman–Crippen LogP) is 0.951. The molecule has 1 atom stereocenters. The van der Waals surface area contributed by atoms with Crippen LogP contribution >= 0.6 is 12.4 Å². The topological polar surface area (TPSA) is 50.4 Å². The minimum absolute atomic E-state index is 0. The first kappa shape index (κ1) is 15.7. The number of carbonyl (C=O) groups is 1. The molecule has 4 nitrogen and oxygen atoms in total. The number of ether oxygens (including phenoxy) is 1. The fraction of sp³-hybridized carbons (Fsp3) is 0.909. The van der Waals surface area contributed by atoms with Gasteiger partial charge in [-0.25, -0.2) is 0 Å². The van der Waals surface area contributed by atoms with E-state index in [2.05, 4.69) is 10.6 Å². The van der Waals surface area contributed by atoms with E-state index in [1.807, 2.05) is 0 Å². The molecule has 0 bridgehead atoms. The van der Waals surface area contributed by atoms with Crippen LogP contribution < -0.4 is 10.6 Å². The molecule has 1 aliphatic rings. The lowest BCUT2D eigenvalue weighted by molar-refractivity contribution is -0.124. The Bertz CT molecular complexity index is 185. The lowest BCUT2D eigenvalue weighted by Crippen LogP contribution is -2.32. The van der Waals surface area contributed by atoms with Gasteiger partial charge in [-0.05, 0) is 32.2 Å². The van der Waals surface area contributed by atoms with Gasteiger partial charge in [0, 0.05) is 26.8 Å². The number of rotatable bonds is 7. The van der Waals surface area contributed by atoms with Crippen molar-refractivity contribution < 1.29 is 9.53 Å². The summed E-state index contributed by atoms with van der Waals surface area (Å²) in [6.45, 7) is 3.45. The molecule has 96 valence electrons. The second-order valence-electron chi connectivity index (χ2n) is 4.03. The molecule has 1 rings (SSSR count). The highest BCUT2D eigenvalue weighted by atomic mass is 35.5. The third-order valence-electron chi connectivity index (χ3n) is 2.76. The number of methoxy groups -OCH3 is 1. The van der Waals surface area contributed by atoms with Crippen LogP contribution in [-0.4, -0.2) is 39.3 Å². The number of halogens is 1. The van der Waals surface area contributed by atoms with E-state index >= 15 is 0 Å². The van der Waals surface area contributed by atoms with Gasteiger partial charge in [0.2, 0.25) is 5.91 Å². The molecule has 1 fully saturated rings. The monoisotopic (exact) mass is 250 g/mol. The average molecular weight is 251 g/mol. The van der Waals surface area contributed by atoms with Crippen molar-refractivity contribution in [1.82, 2.24) is 10.6 Å². The van der Waals surface area contributed by atoms with E-state index < -0.39 is 0 Å². The summed E-state index contributed by atoms with van der Waals surface area (Å²) in [7, 11) is 1.72. The molecule has 0 spiro atoms. The summed E-state index contributed by atoms with van der Waals surface area (Å²) in [5, 5.41) is 6.18. The summed E-state index contributed by atoms with van der Waals surface area (Å²) in [4.78, 5) is 11.6. The van der Waals surface area contributed by atoms with Crippen molar-refractivity contribution in [2.75, 3.05) is 33.4 Å². The number of amides is 1. The number of unbranched alkanes of at least 4 members (excludes halogenated alkanes) is 2. The van der Waals surface area contributed by atoms with E-state index in [0.717, 1.165) is 51.9 Å². The van der Waals surface area contributed by atoms with Crippen molar-refractivity contribution >= 4 is 18.3 Å². The standard InChI is InChI=1S/C11H22N2O2.ClH/c1-15-8-4-2-3-6-13-11(14)10-5-7-12-9-10;/h10,12H,2-9H2,1H3,(H,13,14);1H. The molecular weight excluding hydrogens is 228 g/mol. The van der Waals surface area contributed by atoms with Crippen molar-refractivity contribution in [1.29, 1.82) is 0 Å². The highest BCUT2D eigenvalue weighted by Gasteiger charge is 2.21. The lowest BCUT2D eigenvalue weighted by Gasteiger charge is -2.09. The highest BCUT2D eigenvalue weighted by Crippen LogP contribution is 2.06. The van der Waals surface area contributed by atoms with E-state index in [-0.39, 0.29) is 24.2 Å². The van der Waals surface area contributed by atoms with Gasteiger partial charge in [-0.3, -0.25) is 4.79 Å². The van der Waals surface area contributed by atoms with E-state index in [9.17, 15) is 4.79 Å². The zero-order chi connectivity index (χ0) is 10.9. The maximum absolute atomic E-state index is 11.6. The molecule has 1 saturated heterocycles. The molecule has 1 aliphatic heterocycles. The first-order chi connectivity index (χ1) is 7.34. The van der Waals surface area contributed by atoms with Gasteiger partial charge in [0.15, 0.2) is 0 Å². The smallest absolute Gasteiger partial charge is 0.224 e. The van der Waals surface area contributed by atoms with E-state index in [1.54, 1.807) is 7.11 Å². The second kappa shape index (κ2) is 9.87. The van der Waals surface area contributed by atoms with Gasteiger partial charge < -0.3 is 15.4 Å². The molecule has 1 unspecified atom stereocenters. The van der Waals surface area contributed by atoms with Crippen LogP contribution in [0.5, 0.6) is 0 Å². The van der Waals surface area contributed by atoms with Crippen LogP contribution in [0.15, 0.2) is 0 Å². The van der Waals surface area contributed by atoms with Gasteiger partial charge in [0.25, 0.3) is 0 Å². The molecule has 0 radical (unpaired) electrons. The molecule has 16 heavy (non-hydrogen) atoms. The third kappa shape index (κ3) is 6.30. The SMILES string of the molecule is COCCCCCNC(=O)C1CCNC1.Cl. The van der Waals surface area contributed by atoms with Crippen LogP contribution in [0.3, 0.4) is 0 Å².